The molecule has 1 aromatic rings. The minimum atomic E-state index is -1.18. The average Bonchev–Trinajstić information content (AvgIpc) is 3.02. The lowest BCUT2D eigenvalue weighted by atomic mass is 9.93. The molecule has 2 unspecified atom stereocenters. The van der Waals surface area contributed by atoms with E-state index in [4.69, 9.17) is 21.1 Å². The first-order valence-electron chi connectivity index (χ1n) is 9.19. The van der Waals surface area contributed by atoms with Crippen LogP contribution in [0, 0.1) is 5.82 Å². The van der Waals surface area contributed by atoms with Crippen LogP contribution >= 0.6 is 11.6 Å². The number of halogens is 2. The summed E-state index contributed by atoms with van der Waals surface area (Å²) in [6.45, 7) is 5.45. The van der Waals surface area contributed by atoms with Crippen molar-refractivity contribution >= 4 is 29.1 Å². The van der Waals surface area contributed by atoms with E-state index in [0.29, 0.717) is 29.6 Å². The van der Waals surface area contributed by atoms with Gasteiger partial charge in [-0.1, -0.05) is 11.6 Å². The molecule has 27 heavy (non-hydrogen) atoms. The first kappa shape index (κ1) is 18.6. The van der Waals surface area contributed by atoms with Crippen LogP contribution in [-0.2, 0) is 24.8 Å². The van der Waals surface area contributed by atoms with Crippen LogP contribution in [0.5, 0.6) is 0 Å². The molecule has 1 fully saturated rings. The van der Waals surface area contributed by atoms with Gasteiger partial charge in [-0.2, -0.15) is 0 Å². The van der Waals surface area contributed by atoms with Crippen molar-refractivity contribution in [3.05, 3.63) is 39.7 Å². The van der Waals surface area contributed by atoms with Gasteiger partial charge in [-0.3, -0.25) is 9.59 Å². The van der Waals surface area contributed by atoms with E-state index >= 15 is 0 Å². The van der Waals surface area contributed by atoms with Gasteiger partial charge in [0.2, 0.25) is 0 Å². The summed E-state index contributed by atoms with van der Waals surface area (Å²) in [6.07, 6.45) is 2.47. The third-order valence-electron chi connectivity index (χ3n) is 5.64. The Morgan fingerprint density at radius 3 is 2.11 bits per heavy atom. The molecule has 0 N–H and O–H groups in total. The smallest absolute Gasteiger partial charge is 0.261 e. The minimum absolute atomic E-state index is 0.112. The molecule has 1 saturated heterocycles. The standard InChI is InChI=1S/C20H21ClFNO4/c1-10-11(2)27-20(3,26-10)14-8-17(16(22)9-15(14)21)23-18(24)12-6-4-5-7-13(12)19(23)25/h8-11H,4-7H2,1-3H3. The van der Waals surface area contributed by atoms with Crippen molar-refractivity contribution in [1.29, 1.82) is 0 Å². The molecular formula is C20H21ClFNO4. The zero-order valence-electron chi connectivity index (χ0n) is 15.5. The number of carbonyl (C=O) groups is 2. The van der Waals surface area contributed by atoms with E-state index in [1.165, 1.54) is 6.07 Å². The van der Waals surface area contributed by atoms with Gasteiger partial charge in [0.1, 0.15) is 5.82 Å². The van der Waals surface area contributed by atoms with Gasteiger partial charge in [0.15, 0.2) is 5.79 Å². The van der Waals surface area contributed by atoms with Gasteiger partial charge in [-0.25, -0.2) is 9.29 Å². The van der Waals surface area contributed by atoms with Crippen LogP contribution in [0.1, 0.15) is 52.0 Å². The van der Waals surface area contributed by atoms with E-state index in [0.717, 1.165) is 23.8 Å². The van der Waals surface area contributed by atoms with Crippen LogP contribution in [0.3, 0.4) is 0 Å². The van der Waals surface area contributed by atoms with Gasteiger partial charge in [-0.05, 0) is 58.6 Å². The highest BCUT2D eigenvalue weighted by Crippen LogP contribution is 2.44. The number of benzene rings is 1. The highest BCUT2D eigenvalue weighted by Gasteiger charge is 2.45. The number of imide groups is 1. The number of hydrogen-bond donors (Lipinski definition) is 0. The number of amides is 2. The maximum absolute atomic E-state index is 14.7. The Morgan fingerprint density at radius 2 is 1.59 bits per heavy atom. The third-order valence-corrected chi connectivity index (χ3v) is 5.95. The Hall–Kier alpha value is -1.76. The summed E-state index contributed by atoms with van der Waals surface area (Å²) in [5, 5.41) is 0.122. The molecule has 2 heterocycles. The molecule has 0 aromatic heterocycles. The maximum Gasteiger partial charge on any atom is 0.261 e. The highest BCUT2D eigenvalue weighted by atomic mass is 35.5. The first-order valence-corrected chi connectivity index (χ1v) is 9.56. The third kappa shape index (κ3) is 2.82. The van der Waals surface area contributed by atoms with Crippen LogP contribution in [-0.4, -0.2) is 24.0 Å². The van der Waals surface area contributed by atoms with Crippen LogP contribution in [0.25, 0.3) is 0 Å². The molecule has 5 nitrogen and oxygen atoms in total. The Bertz CT molecular complexity index is 843. The Labute approximate surface area is 162 Å². The van der Waals surface area contributed by atoms with Crippen molar-refractivity contribution in [1.82, 2.24) is 0 Å². The molecule has 2 aliphatic heterocycles. The summed E-state index contributed by atoms with van der Waals surface area (Å²) >= 11 is 6.27. The summed E-state index contributed by atoms with van der Waals surface area (Å²) in [7, 11) is 0. The predicted octanol–water partition coefficient (Wildman–Crippen LogP) is 4.22. The van der Waals surface area contributed by atoms with Gasteiger partial charge in [0.25, 0.3) is 11.8 Å². The molecule has 0 radical (unpaired) electrons. The van der Waals surface area contributed by atoms with Crippen molar-refractivity contribution in [2.45, 2.75) is 64.4 Å². The topological polar surface area (TPSA) is 55.8 Å². The summed E-state index contributed by atoms with van der Waals surface area (Å²) in [4.78, 5) is 26.5. The lowest BCUT2D eigenvalue weighted by Gasteiger charge is -2.27. The van der Waals surface area contributed by atoms with Gasteiger partial charge in [0, 0.05) is 16.7 Å². The number of nitrogens with zero attached hydrogens (tertiary/aromatic N) is 1. The van der Waals surface area contributed by atoms with Crippen molar-refractivity contribution in [2.24, 2.45) is 0 Å². The van der Waals surface area contributed by atoms with E-state index in [9.17, 15) is 14.0 Å². The molecule has 7 heteroatoms. The van der Waals surface area contributed by atoms with Crippen molar-refractivity contribution in [3.63, 3.8) is 0 Å². The summed E-state index contributed by atoms with van der Waals surface area (Å²) < 4.78 is 26.6. The molecule has 0 bridgehead atoms. The predicted molar refractivity (Wildman–Crippen MR) is 97.8 cm³/mol. The van der Waals surface area contributed by atoms with E-state index in [-0.39, 0.29) is 22.9 Å². The van der Waals surface area contributed by atoms with E-state index < -0.39 is 23.4 Å². The fraction of sp³-hybridized carbons (Fsp3) is 0.500. The molecular weight excluding hydrogens is 373 g/mol. The Kier molecular flexibility index (Phi) is 4.41. The van der Waals surface area contributed by atoms with Crippen LogP contribution < -0.4 is 4.90 Å². The number of hydrogen-bond acceptors (Lipinski definition) is 4. The second-order valence-corrected chi connectivity index (χ2v) is 7.89. The minimum Gasteiger partial charge on any atom is -0.340 e. The second kappa shape index (κ2) is 6.40. The molecule has 3 aliphatic rings. The van der Waals surface area contributed by atoms with Crippen LogP contribution in [0.2, 0.25) is 5.02 Å². The maximum atomic E-state index is 14.7. The largest absolute Gasteiger partial charge is 0.340 e. The lowest BCUT2D eigenvalue weighted by Crippen LogP contribution is -2.33. The monoisotopic (exact) mass is 393 g/mol. The second-order valence-electron chi connectivity index (χ2n) is 7.49. The highest BCUT2D eigenvalue weighted by molar-refractivity contribution is 6.34. The van der Waals surface area contributed by atoms with Crippen molar-refractivity contribution in [3.8, 4) is 0 Å². The quantitative estimate of drug-likeness (QED) is 0.706. The van der Waals surface area contributed by atoms with Crippen molar-refractivity contribution < 1.29 is 23.5 Å². The molecule has 0 spiro atoms. The molecule has 144 valence electrons. The van der Waals surface area contributed by atoms with E-state index in [2.05, 4.69) is 0 Å². The normalized spacial score (nSPS) is 31.1. The number of anilines is 1. The van der Waals surface area contributed by atoms with Gasteiger partial charge < -0.3 is 9.47 Å². The SMILES string of the molecule is CC1OC(C)(c2cc(N3C(=O)C4=C(CCCC4)C3=O)c(F)cc2Cl)OC1C. The molecule has 1 aromatic carbocycles. The first-order chi connectivity index (χ1) is 12.7. The number of ether oxygens (including phenoxy) is 2. The molecule has 1 aliphatic carbocycles. The molecule has 2 atom stereocenters. The molecule has 4 rings (SSSR count). The number of rotatable bonds is 2. The fourth-order valence-corrected chi connectivity index (χ4v) is 4.39. The fourth-order valence-electron chi connectivity index (χ4n) is 4.07. The van der Waals surface area contributed by atoms with Crippen LogP contribution in [0.4, 0.5) is 10.1 Å². The van der Waals surface area contributed by atoms with E-state index in [1.54, 1.807) is 6.92 Å². The van der Waals surface area contributed by atoms with E-state index in [1.807, 2.05) is 13.8 Å². The Balaban J connectivity index is 1.77. The Morgan fingerprint density at radius 1 is 1.07 bits per heavy atom. The van der Waals surface area contributed by atoms with Gasteiger partial charge in [0.05, 0.1) is 22.9 Å². The molecule has 2 amide bonds. The summed E-state index contributed by atoms with van der Waals surface area (Å²) in [6, 6.07) is 2.51. The summed E-state index contributed by atoms with van der Waals surface area (Å²) in [5.74, 6) is -2.80. The molecule has 0 saturated carbocycles. The summed E-state index contributed by atoms with van der Waals surface area (Å²) in [5.41, 5.74) is 1.29. The lowest BCUT2D eigenvalue weighted by molar-refractivity contribution is -0.166. The van der Waals surface area contributed by atoms with Gasteiger partial charge in [-0.15, -0.1) is 0 Å². The van der Waals surface area contributed by atoms with Crippen LogP contribution in [0.15, 0.2) is 23.3 Å². The van der Waals surface area contributed by atoms with Gasteiger partial charge >= 0.3 is 0 Å². The number of carbonyl (C=O) groups excluding carboxylic acids is 2. The average molecular weight is 394 g/mol. The zero-order valence-corrected chi connectivity index (χ0v) is 16.2. The zero-order chi connectivity index (χ0) is 19.5. The van der Waals surface area contributed by atoms with Crippen molar-refractivity contribution in [2.75, 3.05) is 4.90 Å².